The Hall–Kier alpha value is -2.90. The van der Waals surface area contributed by atoms with Crippen molar-refractivity contribution in [3.8, 4) is 0 Å². The first-order valence-corrected chi connectivity index (χ1v) is 11.9. The van der Waals surface area contributed by atoms with Crippen LogP contribution in [0, 0.1) is 5.41 Å². The van der Waals surface area contributed by atoms with Gasteiger partial charge in [0.25, 0.3) is 0 Å². The van der Waals surface area contributed by atoms with E-state index in [2.05, 4.69) is 10.6 Å². The van der Waals surface area contributed by atoms with Gasteiger partial charge in [0, 0.05) is 31.5 Å². The topological polar surface area (TPSA) is 105 Å². The van der Waals surface area contributed by atoms with Crippen LogP contribution in [0.15, 0.2) is 54.6 Å². The predicted molar refractivity (Wildman–Crippen MR) is 142 cm³/mol. The minimum atomic E-state index is -0.757. The Kier molecular flexibility index (Phi) is 10.3. The van der Waals surface area contributed by atoms with Crippen LogP contribution in [0.3, 0.4) is 0 Å². The maximum absolute atomic E-state index is 13.3. The molecule has 1 unspecified atom stereocenters. The highest BCUT2D eigenvalue weighted by Gasteiger charge is 2.39. The van der Waals surface area contributed by atoms with Crippen LogP contribution in [0.4, 0.5) is 0 Å². The number of nitrogens with one attached hydrogen (secondary N) is 2. The third kappa shape index (κ3) is 7.54. The fourth-order valence-corrected chi connectivity index (χ4v) is 4.25. The van der Waals surface area contributed by atoms with Crippen LogP contribution in [0.2, 0.25) is 0 Å². The summed E-state index contributed by atoms with van der Waals surface area (Å²) in [5.74, 6) is -0.601. The SMILES string of the molecule is CC(C)(C)C(=O)N1CCCC1C(=O)N[C@H](Cc1ccc2ccccc2c1)C(=O)NC/C=C\CN.Cl. The van der Waals surface area contributed by atoms with Crippen LogP contribution in [-0.2, 0) is 20.8 Å². The molecule has 0 bridgehead atoms. The molecule has 190 valence electrons. The first-order valence-electron chi connectivity index (χ1n) is 11.9. The highest BCUT2D eigenvalue weighted by Crippen LogP contribution is 2.26. The van der Waals surface area contributed by atoms with Crippen molar-refractivity contribution in [2.24, 2.45) is 11.1 Å². The molecule has 7 nitrogen and oxygen atoms in total. The van der Waals surface area contributed by atoms with Gasteiger partial charge in [-0.05, 0) is 29.2 Å². The van der Waals surface area contributed by atoms with E-state index in [1.54, 1.807) is 17.1 Å². The second-order valence-electron chi connectivity index (χ2n) is 9.81. The molecule has 0 spiro atoms. The van der Waals surface area contributed by atoms with E-state index in [1.807, 2.05) is 63.2 Å². The van der Waals surface area contributed by atoms with Crippen LogP contribution in [-0.4, -0.2) is 54.3 Å². The summed E-state index contributed by atoms with van der Waals surface area (Å²) < 4.78 is 0. The average Bonchev–Trinajstić information content (AvgIpc) is 3.30. The Balaban J connectivity index is 0.00000432. The number of likely N-dealkylation sites (tertiary alicyclic amines) is 1. The van der Waals surface area contributed by atoms with Crippen LogP contribution in [0.5, 0.6) is 0 Å². The van der Waals surface area contributed by atoms with E-state index in [0.717, 1.165) is 22.8 Å². The van der Waals surface area contributed by atoms with Gasteiger partial charge in [-0.3, -0.25) is 14.4 Å². The fraction of sp³-hybridized carbons (Fsp3) is 0.444. The maximum Gasteiger partial charge on any atom is 0.243 e. The molecule has 4 N–H and O–H groups in total. The lowest BCUT2D eigenvalue weighted by atomic mass is 9.94. The zero-order valence-corrected chi connectivity index (χ0v) is 21.6. The van der Waals surface area contributed by atoms with Crippen LogP contribution >= 0.6 is 12.4 Å². The van der Waals surface area contributed by atoms with Gasteiger partial charge in [0.2, 0.25) is 17.7 Å². The second-order valence-corrected chi connectivity index (χ2v) is 9.81. The van der Waals surface area contributed by atoms with Gasteiger partial charge in [0.1, 0.15) is 12.1 Å². The zero-order chi connectivity index (χ0) is 24.7. The zero-order valence-electron chi connectivity index (χ0n) is 20.8. The Morgan fingerprint density at radius 3 is 2.51 bits per heavy atom. The Bertz CT molecular complexity index is 1060. The molecule has 3 rings (SSSR count). The van der Waals surface area contributed by atoms with E-state index in [9.17, 15) is 14.4 Å². The fourth-order valence-electron chi connectivity index (χ4n) is 4.25. The number of amides is 3. The number of halogens is 1. The van der Waals surface area contributed by atoms with Crippen molar-refractivity contribution in [3.63, 3.8) is 0 Å². The molecule has 35 heavy (non-hydrogen) atoms. The van der Waals surface area contributed by atoms with Gasteiger partial charge in [-0.2, -0.15) is 0 Å². The molecule has 0 radical (unpaired) electrons. The average molecular weight is 501 g/mol. The molecular formula is C27H37ClN4O3. The molecule has 0 aromatic heterocycles. The number of carbonyl (C=O) groups is 3. The summed E-state index contributed by atoms with van der Waals surface area (Å²) in [6.45, 7) is 6.85. The highest BCUT2D eigenvalue weighted by molar-refractivity contribution is 5.93. The van der Waals surface area contributed by atoms with Crippen molar-refractivity contribution >= 4 is 40.9 Å². The molecule has 0 aliphatic carbocycles. The van der Waals surface area contributed by atoms with E-state index >= 15 is 0 Å². The van der Waals surface area contributed by atoms with Crippen molar-refractivity contribution in [1.82, 2.24) is 15.5 Å². The summed E-state index contributed by atoms with van der Waals surface area (Å²) in [4.78, 5) is 40.8. The lowest BCUT2D eigenvalue weighted by molar-refractivity contribution is -0.145. The summed E-state index contributed by atoms with van der Waals surface area (Å²) >= 11 is 0. The Labute approximate surface area is 213 Å². The molecule has 2 aromatic rings. The number of nitrogens with zero attached hydrogens (tertiary/aromatic N) is 1. The smallest absolute Gasteiger partial charge is 0.243 e. The van der Waals surface area contributed by atoms with E-state index in [1.165, 1.54) is 0 Å². The number of nitrogens with two attached hydrogens (primary N) is 1. The van der Waals surface area contributed by atoms with Crippen molar-refractivity contribution in [2.45, 2.75) is 52.1 Å². The third-order valence-electron chi connectivity index (χ3n) is 6.04. The minimum Gasteiger partial charge on any atom is -0.351 e. The summed E-state index contributed by atoms with van der Waals surface area (Å²) in [6.07, 6.45) is 5.27. The minimum absolute atomic E-state index is 0. The highest BCUT2D eigenvalue weighted by atomic mass is 35.5. The Morgan fingerprint density at radius 1 is 1.11 bits per heavy atom. The van der Waals surface area contributed by atoms with Crippen molar-refractivity contribution < 1.29 is 14.4 Å². The molecule has 1 fully saturated rings. The number of fused-ring (bicyclic) bond motifs is 1. The number of rotatable bonds is 8. The van der Waals surface area contributed by atoms with E-state index in [4.69, 9.17) is 5.73 Å². The quantitative estimate of drug-likeness (QED) is 0.484. The van der Waals surface area contributed by atoms with E-state index < -0.39 is 17.5 Å². The molecule has 0 saturated carbocycles. The molecule has 3 amide bonds. The maximum atomic E-state index is 13.3. The number of carbonyl (C=O) groups excluding carboxylic acids is 3. The number of benzene rings is 2. The third-order valence-corrected chi connectivity index (χ3v) is 6.04. The van der Waals surface area contributed by atoms with Gasteiger partial charge in [-0.25, -0.2) is 0 Å². The monoisotopic (exact) mass is 500 g/mol. The molecule has 1 aliphatic heterocycles. The van der Waals surface area contributed by atoms with Gasteiger partial charge in [0.05, 0.1) is 0 Å². The molecule has 1 saturated heterocycles. The summed E-state index contributed by atoms with van der Waals surface area (Å²) in [5.41, 5.74) is 5.85. The summed E-state index contributed by atoms with van der Waals surface area (Å²) in [5, 5.41) is 7.99. The van der Waals surface area contributed by atoms with Gasteiger partial charge in [-0.1, -0.05) is 75.4 Å². The first kappa shape index (κ1) is 28.3. The Morgan fingerprint density at radius 2 is 1.83 bits per heavy atom. The molecule has 2 aromatic carbocycles. The predicted octanol–water partition coefficient (Wildman–Crippen LogP) is 2.96. The summed E-state index contributed by atoms with van der Waals surface area (Å²) in [7, 11) is 0. The summed E-state index contributed by atoms with van der Waals surface area (Å²) in [6, 6.07) is 12.8. The van der Waals surface area contributed by atoms with E-state index in [0.29, 0.717) is 32.5 Å². The lowest BCUT2D eigenvalue weighted by Gasteiger charge is -2.31. The molecule has 1 heterocycles. The van der Waals surface area contributed by atoms with Crippen LogP contribution < -0.4 is 16.4 Å². The molecule has 2 atom stereocenters. The van der Waals surface area contributed by atoms with Crippen molar-refractivity contribution in [2.75, 3.05) is 19.6 Å². The van der Waals surface area contributed by atoms with Gasteiger partial charge >= 0.3 is 0 Å². The van der Waals surface area contributed by atoms with Crippen molar-refractivity contribution in [3.05, 3.63) is 60.2 Å². The second kappa shape index (κ2) is 12.7. The standard InChI is InChI=1S/C27H36N4O3.ClH/c1-27(2,3)26(34)31-16-8-11-23(31)25(33)30-22(24(32)29-15-7-6-14-28)18-19-12-13-20-9-4-5-10-21(20)17-19;/h4-7,9-10,12-13,17,22-23H,8,11,14-16,18,28H2,1-3H3,(H,29,32)(H,30,33);1H/b7-6-;/t22-,23?;/m1./s1. The van der Waals surface area contributed by atoms with Crippen LogP contribution in [0.25, 0.3) is 10.8 Å². The lowest BCUT2D eigenvalue weighted by Crippen LogP contribution is -2.55. The van der Waals surface area contributed by atoms with Crippen molar-refractivity contribution in [1.29, 1.82) is 0 Å². The molecular weight excluding hydrogens is 464 g/mol. The van der Waals surface area contributed by atoms with Gasteiger partial charge in [-0.15, -0.1) is 12.4 Å². The molecule has 8 heteroatoms. The van der Waals surface area contributed by atoms with Crippen LogP contribution in [0.1, 0.15) is 39.2 Å². The van der Waals surface area contributed by atoms with Gasteiger partial charge in [0.15, 0.2) is 0 Å². The largest absolute Gasteiger partial charge is 0.351 e. The number of hydrogen-bond donors (Lipinski definition) is 3. The molecule has 1 aliphatic rings. The first-order chi connectivity index (χ1) is 16.2. The van der Waals surface area contributed by atoms with Gasteiger partial charge < -0.3 is 21.3 Å². The number of hydrogen-bond acceptors (Lipinski definition) is 4. The van der Waals surface area contributed by atoms with E-state index in [-0.39, 0.29) is 30.1 Å². The normalized spacial score (nSPS) is 16.7.